The van der Waals surface area contributed by atoms with Crippen LogP contribution >= 0.6 is 0 Å². The Hall–Kier alpha value is -3.14. The molecular weight excluding hydrogens is 404 g/mol. The number of benzene rings is 1. The summed E-state index contributed by atoms with van der Waals surface area (Å²) >= 11 is 0. The predicted octanol–water partition coefficient (Wildman–Crippen LogP) is 7.18. The summed E-state index contributed by atoms with van der Waals surface area (Å²) < 4.78 is 0. The fourth-order valence-electron chi connectivity index (χ4n) is 3.63. The maximum absolute atomic E-state index is 5.05. The first-order valence-corrected chi connectivity index (χ1v) is 11.6. The molecule has 0 aliphatic rings. The smallest absolute Gasteiger partial charge is 0.134 e. The average Bonchev–Trinajstić information content (AvgIpc) is 2.78. The molecule has 0 radical (unpaired) electrons. The topological polar surface area (TPSA) is 40.5 Å². The van der Waals surface area contributed by atoms with E-state index in [1.807, 2.05) is 38.2 Å². The van der Waals surface area contributed by atoms with Crippen LogP contribution in [-0.4, -0.2) is 43.8 Å². The van der Waals surface area contributed by atoms with Crippen molar-refractivity contribution >= 4 is 23.2 Å². The molecule has 0 aliphatic carbocycles. The van der Waals surface area contributed by atoms with Crippen molar-refractivity contribution in [3.05, 3.63) is 72.5 Å². The highest BCUT2D eigenvalue weighted by atomic mass is 15.0. The molecule has 176 valence electrons. The van der Waals surface area contributed by atoms with Crippen LogP contribution in [0.25, 0.3) is 22.4 Å². The van der Waals surface area contributed by atoms with Gasteiger partial charge in [-0.25, -0.2) is 4.98 Å². The molecule has 0 bridgehead atoms. The summed E-state index contributed by atoms with van der Waals surface area (Å²) in [6.45, 7) is 13.7. The van der Waals surface area contributed by atoms with Crippen LogP contribution in [0, 0.1) is 5.41 Å². The molecule has 0 aliphatic heterocycles. The lowest BCUT2D eigenvalue weighted by Crippen LogP contribution is -2.11. The molecule has 0 saturated carbocycles. The molecule has 1 aromatic carbocycles. The van der Waals surface area contributed by atoms with Crippen molar-refractivity contribution in [2.24, 2.45) is 10.4 Å². The van der Waals surface area contributed by atoms with E-state index in [0.29, 0.717) is 5.41 Å². The van der Waals surface area contributed by atoms with Gasteiger partial charge in [0, 0.05) is 51.2 Å². The van der Waals surface area contributed by atoms with Gasteiger partial charge in [0.15, 0.2) is 0 Å². The summed E-state index contributed by atoms with van der Waals surface area (Å²) in [7, 11) is 5.83. The number of hydrogen-bond acceptors (Lipinski definition) is 4. The summed E-state index contributed by atoms with van der Waals surface area (Å²) in [5.41, 5.74) is 6.67. The highest BCUT2D eigenvalue weighted by Crippen LogP contribution is 2.29. The van der Waals surface area contributed by atoms with Crippen molar-refractivity contribution in [1.29, 1.82) is 0 Å². The normalized spacial score (nSPS) is 12.8. The largest absolute Gasteiger partial charge is 0.383 e. The molecule has 0 spiro atoms. The molecule has 4 heteroatoms. The molecule has 1 aromatic heterocycles. The number of rotatable bonds is 10. The Bertz CT molecular complexity index is 1020. The number of anilines is 1. The van der Waals surface area contributed by atoms with Gasteiger partial charge < -0.3 is 10.2 Å². The van der Waals surface area contributed by atoms with Crippen LogP contribution < -0.4 is 5.32 Å². The third kappa shape index (κ3) is 8.05. The summed E-state index contributed by atoms with van der Waals surface area (Å²) in [6, 6.07) is 12.7. The third-order valence-corrected chi connectivity index (χ3v) is 5.29. The van der Waals surface area contributed by atoms with Crippen LogP contribution in [0.4, 0.5) is 5.82 Å². The van der Waals surface area contributed by atoms with E-state index < -0.39 is 0 Å². The number of aromatic nitrogens is 1. The summed E-state index contributed by atoms with van der Waals surface area (Å²) in [5.74, 6) is 0.896. The van der Waals surface area contributed by atoms with Gasteiger partial charge in [0.1, 0.15) is 5.82 Å². The number of pyridine rings is 1. The molecule has 33 heavy (non-hydrogen) atoms. The highest BCUT2D eigenvalue weighted by molar-refractivity contribution is 6.11. The van der Waals surface area contributed by atoms with Gasteiger partial charge in [-0.15, -0.1) is 0 Å². The molecule has 0 saturated heterocycles. The summed E-state index contributed by atoms with van der Waals surface area (Å²) in [5, 5.41) is 3.60. The zero-order valence-electron chi connectivity index (χ0n) is 21.4. The highest BCUT2D eigenvalue weighted by Gasteiger charge is 2.13. The molecular formula is C29H40N4. The average molecular weight is 445 g/mol. The zero-order chi connectivity index (χ0) is 24.4. The van der Waals surface area contributed by atoms with Gasteiger partial charge in [-0.3, -0.25) is 4.99 Å². The van der Waals surface area contributed by atoms with E-state index in [9.17, 15) is 0 Å². The molecule has 0 unspecified atom stereocenters. The van der Waals surface area contributed by atoms with E-state index in [4.69, 9.17) is 4.98 Å². The summed E-state index contributed by atoms with van der Waals surface area (Å²) in [4.78, 5) is 11.3. The quantitative estimate of drug-likeness (QED) is 0.240. The Labute approximate surface area is 200 Å². The summed E-state index contributed by atoms with van der Waals surface area (Å²) in [6.07, 6.45) is 10.2. The number of allylic oxidation sites excluding steroid dienone is 4. The van der Waals surface area contributed by atoms with E-state index >= 15 is 0 Å². The standard InChI is InChI=1S/C29H40N4/c1-9-22(20-30-6)26-15-16-27(32-28(26)31-18-12-17-29(3,4)5)25-14-11-13-24(19-25)23(10-2)21-33(7)8/h9-11,13-16,19-21H,2,12,17-18H2,1,3-8H3,(H,31,32)/b22-9+,23-21+,30-20?. The first-order valence-electron chi connectivity index (χ1n) is 11.6. The lowest BCUT2D eigenvalue weighted by Gasteiger charge is -2.19. The van der Waals surface area contributed by atoms with Gasteiger partial charge in [0.25, 0.3) is 0 Å². The molecule has 2 rings (SSSR count). The first-order chi connectivity index (χ1) is 15.7. The lowest BCUT2D eigenvalue weighted by atomic mass is 9.91. The Kier molecular flexibility index (Phi) is 9.65. The minimum Gasteiger partial charge on any atom is -0.383 e. The van der Waals surface area contributed by atoms with E-state index in [2.05, 4.69) is 86.3 Å². The third-order valence-electron chi connectivity index (χ3n) is 5.29. The Morgan fingerprint density at radius 3 is 2.52 bits per heavy atom. The molecule has 0 atom stereocenters. The van der Waals surface area contributed by atoms with Gasteiger partial charge in [-0.2, -0.15) is 0 Å². The Morgan fingerprint density at radius 2 is 1.91 bits per heavy atom. The Morgan fingerprint density at radius 1 is 1.15 bits per heavy atom. The fraction of sp³-hybridized carbons (Fsp3) is 0.379. The van der Waals surface area contributed by atoms with Gasteiger partial charge >= 0.3 is 0 Å². The first kappa shape index (κ1) is 26.1. The molecule has 0 fully saturated rings. The second kappa shape index (κ2) is 12.2. The van der Waals surface area contributed by atoms with Gasteiger partial charge in [-0.05, 0) is 60.1 Å². The zero-order valence-corrected chi connectivity index (χ0v) is 21.4. The molecule has 4 nitrogen and oxygen atoms in total. The maximum atomic E-state index is 5.05. The molecule has 2 aromatic rings. The van der Waals surface area contributed by atoms with Crippen LogP contribution in [0.3, 0.4) is 0 Å². The fourth-order valence-corrected chi connectivity index (χ4v) is 3.63. The van der Waals surface area contributed by atoms with E-state index in [1.54, 1.807) is 7.05 Å². The Balaban J connectivity index is 2.44. The monoisotopic (exact) mass is 444 g/mol. The van der Waals surface area contributed by atoms with E-state index in [1.165, 1.54) is 0 Å². The van der Waals surface area contributed by atoms with E-state index in [-0.39, 0.29) is 0 Å². The van der Waals surface area contributed by atoms with Crippen LogP contribution in [0.5, 0.6) is 0 Å². The lowest BCUT2D eigenvalue weighted by molar-refractivity contribution is 0.370. The van der Waals surface area contributed by atoms with Gasteiger partial charge in [0.05, 0.1) is 5.69 Å². The van der Waals surface area contributed by atoms with Gasteiger partial charge in [-0.1, -0.05) is 57.7 Å². The van der Waals surface area contributed by atoms with Crippen molar-refractivity contribution in [3.63, 3.8) is 0 Å². The minimum atomic E-state index is 0.326. The van der Waals surface area contributed by atoms with Crippen molar-refractivity contribution in [2.45, 2.75) is 40.5 Å². The van der Waals surface area contributed by atoms with Crippen LogP contribution in [-0.2, 0) is 0 Å². The minimum absolute atomic E-state index is 0.326. The number of nitrogens with one attached hydrogen (secondary N) is 1. The predicted molar refractivity (Wildman–Crippen MR) is 147 cm³/mol. The SMILES string of the molecule is C=C/C(=C\N(C)C)c1cccc(-c2ccc(/C(C=NC)=C/C)c(NCCCC(C)(C)C)n2)c1. The van der Waals surface area contributed by atoms with Gasteiger partial charge in [0.2, 0.25) is 0 Å². The van der Waals surface area contributed by atoms with Crippen molar-refractivity contribution in [3.8, 4) is 11.3 Å². The van der Waals surface area contributed by atoms with Crippen LogP contribution in [0.15, 0.2) is 66.3 Å². The van der Waals surface area contributed by atoms with Crippen LogP contribution in [0.1, 0.15) is 51.7 Å². The number of nitrogens with zero attached hydrogens (tertiary/aromatic N) is 3. The molecule has 1 N–H and O–H groups in total. The van der Waals surface area contributed by atoms with Crippen molar-refractivity contribution in [2.75, 3.05) is 33.0 Å². The van der Waals surface area contributed by atoms with Crippen molar-refractivity contribution < 1.29 is 0 Å². The number of hydrogen-bond donors (Lipinski definition) is 1. The molecule has 1 heterocycles. The number of aliphatic imine (C=N–C) groups is 1. The van der Waals surface area contributed by atoms with E-state index in [0.717, 1.165) is 58.7 Å². The second-order valence-corrected chi connectivity index (χ2v) is 9.65. The maximum Gasteiger partial charge on any atom is 0.134 e. The van der Waals surface area contributed by atoms with Crippen LogP contribution in [0.2, 0.25) is 0 Å². The van der Waals surface area contributed by atoms with Crippen molar-refractivity contribution in [1.82, 2.24) is 9.88 Å². The molecule has 0 amide bonds. The second-order valence-electron chi connectivity index (χ2n) is 9.65.